The summed E-state index contributed by atoms with van der Waals surface area (Å²) in [5.74, 6) is -1.12. The monoisotopic (exact) mass is 226 g/mol. The molecule has 1 heterocycles. The molecule has 0 aromatic carbocycles. The fourth-order valence-electron chi connectivity index (χ4n) is 2.20. The highest BCUT2D eigenvalue weighted by atomic mass is 16.4. The summed E-state index contributed by atoms with van der Waals surface area (Å²) >= 11 is 0. The van der Waals surface area contributed by atoms with Crippen LogP contribution in [0, 0.1) is 5.41 Å². The lowest BCUT2D eigenvalue weighted by molar-refractivity contribution is -0.153. The fourth-order valence-corrected chi connectivity index (χ4v) is 2.20. The highest BCUT2D eigenvalue weighted by molar-refractivity contribution is 6.04. The van der Waals surface area contributed by atoms with E-state index in [4.69, 9.17) is 5.11 Å². The van der Waals surface area contributed by atoms with E-state index in [-0.39, 0.29) is 5.91 Å². The van der Waals surface area contributed by atoms with Gasteiger partial charge in [0.05, 0.1) is 0 Å². The molecule has 2 rings (SSSR count). The molecule has 1 N–H and O–H groups in total. The highest BCUT2D eigenvalue weighted by Crippen LogP contribution is 2.47. The Kier molecular flexibility index (Phi) is 2.88. The van der Waals surface area contributed by atoms with Gasteiger partial charge in [-0.15, -0.1) is 0 Å². The van der Waals surface area contributed by atoms with Crippen molar-refractivity contribution in [3.05, 3.63) is 0 Å². The molecular weight excluding hydrogens is 208 g/mol. The maximum Gasteiger partial charge on any atom is 0.319 e. The second-order valence-electron chi connectivity index (χ2n) is 4.84. The highest BCUT2D eigenvalue weighted by Gasteiger charge is 2.58. The Balaban J connectivity index is 2.02. The molecule has 16 heavy (non-hydrogen) atoms. The van der Waals surface area contributed by atoms with Crippen molar-refractivity contribution in [3.8, 4) is 0 Å². The molecule has 1 amide bonds. The molecule has 0 spiro atoms. The first-order valence-electron chi connectivity index (χ1n) is 5.77. The van der Waals surface area contributed by atoms with Gasteiger partial charge in [0.15, 0.2) is 0 Å². The van der Waals surface area contributed by atoms with E-state index in [0.717, 1.165) is 19.5 Å². The Hall–Kier alpha value is -1.10. The predicted molar refractivity (Wildman–Crippen MR) is 58.0 cm³/mol. The van der Waals surface area contributed by atoms with Crippen molar-refractivity contribution in [1.82, 2.24) is 9.80 Å². The standard InChI is InChI=1S/C11H18N2O3/c1-12-5-2-6-13(8-7-12)9(14)11(3-4-11)10(15)16/h2-8H2,1H3,(H,15,16). The van der Waals surface area contributed by atoms with Gasteiger partial charge < -0.3 is 14.9 Å². The Bertz CT molecular complexity index is 312. The van der Waals surface area contributed by atoms with Crippen LogP contribution in [0.4, 0.5) is 0 Å². The van der Waals surface area contributed by atoms with Gasteiger partial charge in [-0.2, -0.15) is 0 Å². The van der Waals surface area contributed by atoms with E-state index in [1.807, 2.05) is 7.05 Å². The van der Waals surface area contributed by atoms with Crippen molar-refractivity contribution < 1.29 is 14.7 Å². The number of amides is 1. The minimum atomic E-state index is -1.07. The largest absolute Gasteiger partial charge is 0.480 e. The van der Waals surface area contributed by atoms with Crippen LogP contribution in [0.2, 0.25) is 0 Å². The molecule has 0 atom stereocenters. The van der Waals surface area contributed by atoms with Gasteiger partial charge in [0, 0.05) is 19.6 Å². The first-order chi connectivity index (χ1) is 7.56. The molecule has 5 nitrogen and oxygen atoms in total. The topological polar surface area (TPSA) is 60.9 Å². The lowest BCUT2D eigenvalue weighted by Gasteiger charge is -2.23. The minimum absolute atomic E-state index is 0.171. The Morgan fingerprint density at radius 3 is 2.38 bits per heavy atom. The molecule has 0 radical (unpaired) electrons. The molecule has 90 valence electrons. The minimum Gasteiger partial charge on any atom is -0.480 e. The van der Waals surface area contributed by atoms with E-state index in [1.54, 1.807) is 4.90 Å². The number of carbonyl (C=O) groups excluding carboxylic acids is 1. The van der Waals surface area contributed by atoms with Gasteiger partial charge in [0.1, 0.15) is 5.41 Å². The number of likely N-dealkylation sites (N-methyl/N-ethyl adjacent to an activating group) is 1. The maximum absolute atomic E-state index is 12.1. The smallest absolute Gasteiger partial charge is 0.319 e. The van der Waals surface area contributed by atoms with Crippen molar-refractivity contribution in [2.45, 2.75) is 19.3 Å². The molecule has 1 aliphatic heterocycles. The second-order valence-corrected chi connectivity index (χ2v) is 4.84. The van der Waals surface area contributed by atoms with Crippen LogP contribution in [-0.2, 0) is 9.59 Å². The third-order valence-corrected chi connectivity index (χ3v) is 3.58. The quantitative estimate of drug-likeness (QED) is 0.674. The van der Waals surface area contributed by atoms with Crippen molar-refractivity contribution in [2.24, 2.45) is 5.41 Å². The Morgan fingerprint density at radius 1 is 1.12 bits per heavy atom. The summed E-state index contributed by atoms with van der Waals surface area (Å²) in [5.41, 5.74) is -1.07. The maximum atomic E-state index is 12.1. The Morgan fingerprint density at radius 2 is 1.81 bits per heavy atom. The summed E-state index contributed by atoms with van der Waals surface area (Å²) in [7, 11) is 2.03. The van der Waals surface area contributed by atoms with Crippen LogP contribution in [0.25, 0.3) is 0 Å². The molecule has 0 aromatic rings. The van der Waals surface area contributed by atoms with Crippen LogP contribution >= 0.6 is 0 Å². The molecule has 0 unspecified atom stereocenters. The lowest BCUT2D eigenvalue weighted by atomic mass is 10.1. The molecule has 5 heteroatoms. The molecule has 1 saturated heterocycles. The molecular formula is C11H18N2O3. The zero-order valence-electron chi connectivity index (χ0n) is 9.61. The van der Waals surface area contributed by atoms with Crippen molar-refractivity contribution in [2.75, 3.05) is 33.2 Å². The fraction of sp³-hybridized carbons (Fsp3) is 0.818. The number of hydrogen-bond acceptors (Lipinski definition) is 3. The molecule has 2 aliphatic rings. The van der Waals surface area contributed by atoms with Crippen LogP contribution in [0.15, 0.2) is 0 Å². The number of nitrogens with zero attached hydrogens (tertiary/aromatic N) is 2. The molecule has 2 fully saturated rings. The summed E-state index contributed by atoms with van der Waals surface area (Å²) in [6.45, 7) is 3.16. The van der Waals surface area contributed by atoms with E-state index >= 15 is 0 Å². The first kappa shape index (κ1) is 11.4. The second kappa shape index (κ2) is 4.05. The zero-order valence-corrected chi connectivity index (χ0v) is 9.61. The molecule has 0 aromatic heterocycles. The number of aliphatic carboxylic acids is 1. The van der Waals surface area contributed by atoms with Gasteiger partial charge in [-0.05, 0) is 32.9 Å². The number of carbonyl (C=O) groups is 2. The van der Waals surface area contributed by atoms with Crippen LogP contribution in [0.3, 0.4) is 0 Å². The predicted octanol–water partition coefficient (Wildman–Crippen LogP) is 0.0153. The van der Waals surface area contributed by atoms with E-state index in [9.17, 15) is 9.59 Å². The SMILES string of the molecule is CN1CCCN(C(=O)C2(C(=O)O)CC2)CC1. The van der Waals surface area contributed by atoms with Gasteiger partial charge in [0.25, 0.3) is 0 Å². The molecule has 0 bridgehead atoms. The van der Waals surface area contributed by atoms with E-state index in [1.165, 1.54) is 0 Å². The van der Waals surface area contributed by atoms with E-state index < -0.39 is 11.4 Å². The number of rotatable bonds is 2. The third-order valence-electron chi connectivity index (χ3n) is 3.58. The van der Waals surface area contributed by atoms with Gasteiger partial charge >= 0.3 is 5.97 Å². The molecule has 1 saturated carbocycles. The number of carboxylic acids is 1. The van der Waals surface area contributed by atoms with Crippen LogP contribution < -0.4 is 0 Å². The lowest BCUT2D eigenvalue weighted by Crippen LogP contribution is -2.42. The van der Waals surface area contributed by atoms with Gasteiger partial charge in [-0.3, -0.25) is 9.59 Å². The summed E-state index contributed by atoms with van der Waals surface area (Å²) in [5, 5.41) is 9.07. The summed E-state index contributed by atoms with van der Waals surface area (Å²) in [6, 6.07) is 0. The number of hydrogen-bond donors (Lipinski definition) is 1. The first-order valence-corrected chi connectivity index (χ1v) is 5.77. The third kappa shape index (κ3) is 1.91. The van der Waals surface area contributed by atoms with Gasteiger partial charge in [-0.25, -0.2) is 0 Å². The summed E-state index contributed by atoms with van der Waals surface area (Å²) in [4.78, 5) is 27.1. The van der Waals surface area contributed by atoms with Crippen molar-refractivity contribution >= 4 is 11.9 Å². The summed E-state index contributed by atoms with van der Waals surface area (Å²) < 4.78 is 0. The van der Waals surface area contributed by atoms with Crippen LogP contribution in [0.1, 0.15) is 19.3 Å². The molecule has 1 aliphatic carbocycles. The zero-order chi connectivity index (χ0) is 11.8. The van der Waals surface area contributed by atoms with Gasteiger partial charge in [-0.1, -0.05) is 0 Å². The number of carboxylic acid groups (broad SMARTS) is 1. The van der Waals surface area contributed by atoms with Crippen molar-refractivity contribution in [3.63, 3.8) is 0 Å². The van der Waals surface area contributed by atoms with Crippen LogP contribution in [0.5, 0.6) is 0 Å². The van der Waals surface area contributed by atoms with Gasteiger partial charge in [0.2, 0.25) is 5.91 Å². The van der Waals surface area contributed by atoms with Crippen molar-refractivity contribution in [1.29, 1.82) is 0 Å². The van der Waals surface area contributed by atoms with Crippen LogP contribution in [-0.4, -0.2) is 60.0 Å². The van der Waals surface area contributed by atoms with E-state index in [2.05, 4.69) is 4.90 Å². The summed E-state index contributed by atoms with van der Waals surface area (Å²) in [6.07, 6.45) is 1.94. The Labute approximate surface area is 95.0 Å². The normalized spacial score (nSPS) is 24.9. The average molecular weight is 226 g/mol. The average Bonchev–Trinajstić information content (AvgIpc) is 3.01. The van der Waals surface area contributed by atoms with E-state index in [0.29, 0.717) is 25.9 Å².